The molecule has 1 aromatic carbocycles. The topological polar surface area (TPSA) is 75.8 Å². The largest absolute Gasteiger partial charge is 0.347 e. The van der Waals surface area contributed by atoms with Crippen molar-refractivity contribution in [1.29, 1.82) is 0 Å². The molecule has 3 aromatic rings. The van der Waals surface area contributed by atoms with E-state index in [-0.39, 0.29) is 11.8 Å². The van der Waals surface area contributed by atoms with Gasteiger partial charge in [-0.3, -0.25) is 9.59 Å². The fourth-order valence-corrected chi connectivity index (χ4v) is 4.77. The number of benzene rings is 1. The second kappa shape index (κ2) is 12.0. The lowest BCUT2D eigenvalue weighted by Crippen LogP contribution is -2.48. The van der Waals surface area contributed by atoms with Crippen LogP contribution in [0.5, 0.6) is 0 Å². The second-order valence-corrected chi connectivity index (χ2v) is 11.3. The van der Waals surface area contributed by atoms with Gasteiger partial charge in [-0.15, -0.1) is 0 Å². The lowest BCUT2D eigenvalue weighted by molar-refractivity contribution is -0.673. The quantitative estimate of drug-likeness (QED) is 0.355. The van der Waals surface area contributed by atoms with Crippen molar-refractivity contribution >= 4 is 11.8 Å². The highest BCUT2D eigenvalue weighted by Crippen LogP contribution is 2.27. The van der Waals surface area contributed by atoms with E-state index in [2.05, 4.69) is 30.5 Å². The van der Waals surface area contributed by atoms with E-state index < -0.39 is 11.1 Å². The van der Waals surface area contributed by atoms with Crippen molar-refractivity contribution in [3.8, 4) is 0 Å². The molecule has 0 saturated heterocycles. The smallest absolute Gasteiger partial charge is 0.337 e. The minimum Gasteiger partial charge on any atom is -0.337 e. The zero-order chi connectivity index (χ0) is 28.1. The Kier molecular flexibility index (Phi) is 9.18. The number of aromatic nitrogens is 4. The average Bonchev–Trinajstić information content (AvgIpc) is 3.42. The number of carbonyl (C=O) groups excluding carboxylic acids is 2. The van der Waals surface area contributed by atoms with E-state index in [0.29, 0.717) is 11.6 Å². The maximum absolute atomic E-state index is 13.4. The van der Waals surface area contributed by atoms with Crippen molar-refractivity contribution in [1.82, 2.24) is 19.8 Å². The summed E-state index contributed by atoms with van der Waals surface area (Å²) >= 11 is 0. The average molecular weight is 523 g/mol. The van der Waals surface area contributed by atoms with E-state index in [9.17, 15) is 9.59 Å². The number of nitrogens with zero attached hydrogens (tertiary/aromatic N) is 4. The van der Waals surface area contributed by atoms with Gasteiger partial charge in [0.05, 0.1) is 38.3 Å². The summed E-state index contributed by atoms with van der Waals surface area (Å²) in [6.07, 6.45) is 11.9. The summed E-state index contributed by atoms with van der Waals surface area (Å²) in [6, 6.07) is 8.11. The van der Waals surface area contributed by atoms with Crippen LogP contribution in [0.3, 0.4) is 0 Å². The number of aryl methyl sites for hydroxylation is 4. The van der Waals surface area contributed by atoms with Gasteiger partial charge in [0.15, 0.2) is 0 Å². The fourth-order valence-electron chi connectivity index (χ4n) is 4.77. The Morgan fingerprint density at radius 1 is 0.763 bits per heavy atom. The first-order valence-corrected chi connectivity index (χ1v) is 13.8. The van der Waals surface area contributed by atoms with Gasteiger partial charge >= 0.3 is 23.5 Å². The molecule has 2 amide bonds. The van der Waals surface area contributed by atoms with Crippen LogP contribution < -0.4 is 19.8 Å². The van der Waals surface area contributed by atoms with Gasteiger partial charge in [-0.25, -0.2) is 18.3 Å². The predicted molar refractivity (Wildman–Crippen MR) is 148 cm³/mol. The highest BCUT2D eigenvalue weighted by atomic mass is 16.2. The van der Waals surface area contributed by atoms with Gasteiger partial charge in [0, 0.05) is 0 Å². The lowest BCUT2D eigenvalue weighted by atomic mass is 9.87. The van der Waals surface area contributed by atoms with Crippen LogP contribution in [-0.2, 0) is 38.3 Å². The van der Waals surface area contributed by atoms with Gasteiger partial charge in [0.2, 0.25) is 0 Å². The summed E-state index contributed by atoms with van der Waals surface area (Å²) in [5, 5.41) is 6.47. The van der Waals surface area contributed by atoms with Crippen LogP contribution in [0.25, 0.3) is 0 Å². The number of unbranched alkanes of at least 4 members (excludes halogenated alkanes) is 2. The minimum absolute atomic E-state index is 0.114. The molecule has 0 fully saturated rings. The van der Waals surface area contributed by atoms with Gasteiger partial charge < -0.3 is 10.6 Å². The third-order valence-electron chi connectivity index (χ3n) is 7.22. The van der Waals surface area contributed by atoms with Crippen LogP contribution in [0.4, 0.5) is 0 Å². The molecule has 0 unspecified atom stereocenters. The maximum atomic E-state index is 13.4. The standard InChI is InChI=1S/C30H44N6O2/c1-9-11-16-35-20-18-33(7)27(35)25(37)31-29(3,4)23-14-13-15-24(22-23)30(5,6)32-26(38)28-34(8)19-21-36(28)17-12-10-2/h13-15,18-22H,9-12,16-17H2,1-8H3/p+2. The van der Waals surface area contributed by atoms with Crippen molar-refractivity contribution in [3.63, 3.8) is 0 Å². The predicted octanol–water partition coefficient (Wildman–Crippen LogP) is 3.87. The number of nitrogens with one attached hydrogen (secondary N) is 2. The van der Waals surface area contributed by atoms with Gasteiger partial charge in [-0.2, -0.15) is 0 Å². The normalized spacial score (nSPS) is 12.0. The molecule has 0 spiro atoms. The molecule has 8 heteroatoms. The molecule has 0 atom stereocenters. The van der Waals surface area contributed by atoms with Crippen molar-refractivity contribution in [3.05, 3.63) is 71.8 Å². The molecule has 0 radical (unpaired) electrons. The van der Waals surface area contributed by atoms with E-state index in [1.54, 1.807) is 0 Å². The third kappa shape index (κ3) is 6.52. The first kappa shape index (κ1) is 29.1. The molecule has 0 saturated carbocycles. The summed E-state index contributed by atoms with van der Waals surface area (Å²) in [5.74, 6) is 1.04. The van der Waals surface area contributed by atoms with E-state index in [1.807, 2.05) is 103 Å². The first-order chi connectivity index (χ1) is 17.9. The third-order valence-corrected chi connectivity index (χ3v) is 7.22. The number of rotatable bonds is 12. The zero-order valence-electron chi connectivity index (χ0n) is 24.5. The van der Waals surface area contributed by atoms with Crippen LogP contribution in [-0.4, -0.2) is 20.9 Å². The monoisotopic (exact) mass is 522 g/mol. The molecule has 0 bridgehead atoms. The molecule has 2 N–H and O–H groups in total. The summed E-state index contributed by atoms with van der Waals surface area (Å²) in [6.45, 7) is 13.9. The van der Waals surface area contributed by atoms with Gasteiger partial charge in [-0.1, -0.05) is 51.0 Å². The van der Waals surface area contributed by atoms with Crippen molar-refractivity contribution in [2.45, 2.75) is 91.4 Å². The molecule has 3 rings (SSSR count). The lowest BCUT2D eigenvalue weighted by Gasteiger charge is -2.30. The number of hydrogen-bond acceptors (Lipinski definition) is 2. The summed E-state index contributed by atoms with van der Waals surface area (Å²) in [5.41, 5.74) is 0.691. The molecule has 2 aromatic heterocycles. The summed E-state index contributed by atoms with van der Waals surface area (Å²) in [4.78, 5) is 26.8. The SMILES string of the molecule is CCCCn1cc[n+](C)c1C(=O)NC(C)(C)c1cccc(C(C)(C)NC(=O)c2n(CCCC)cc[n+]2C)c1. The molecular weight excluding hydrogens is 476 g/mol. The maximum Gasteiger partial charge on any atom is 0.347 e. The van der Waals surface area contributed by atoms with Crippen LogP contribution in [0.2, 0.25) is 0 Å². The molecule has 8 nitrogen and oxygen atoms in total. The van der Waals surface area contributed by atoms with E-state index in [0.717, 1.165) is 49.9 Å². The molecule has 0 aliphatic carbocycles. The molecular formula is C30H46N6O2+2. The van der Waals surface area contributed by atoms with Crippen molar-refractivity contribution in [2.24, 2.45) is 14.1 Å². The minimum atomic E-state index is -0.624. The Labute approximate surface area is 227 Å². The first-order valence-electron chi connectivity index (χ1n) is 13.8. The molecule has 206 valence electrons. The Morgan fingerprint density at radius 3 is 1.53 bits per heavy atom. The number of amides is 2. The Hall–Kier alpha value is -3.42. The van der Waals surface area contributed by atoms with Crippen LogP contribution in [0.1, 0.15) is 99.6 Å². The van der Waals surface area contributed by atoms with Crippen molar-refractivity contribution in [2.75, 3.05) is 0 Å². The highest BCUT2D eigenvalue weighted by molar-refractivity contribution is 5.90. The zero-order valence-corrected chi connectivity index (χ0v) is 24.5. The van der Waals surface area contributed by atoms with E-state index in [1.165, 1.54) is 0 Å². The molecule has 2 heterocycles. The molecule has 0 aliphatic heterocycles. The molecule has 0 aliphatic rings. The summed E-state index contributed by atoms with van der Waals surface area (Å²) in [7, 11) is 3.80. The summed E-state index contributed by atoms with van der Waals surface area (Å²) < 4.78 is 7.76. The number of imidazole rings is 2. The Morgan fingerprint density at radius 2 is 1.16 bits per heavy atom. The molecule has 38 heavy (non-hydrogen) atoms. The van der Waals surface area contributed by atoms with Gasteiger partial charge in [-0.05, 0) is 51.7 Å². The van der Waals surface area contributed by atoms with Gasteiger partial charge in [0.1, 0.15) is 24.8 Å². The Bertz CT molecular complexity index is 1170. The van der Waals surface area contributed by atoms with Crippen LogP contribution >= 0.6 is 0 Å². The van der Waals surface area contributed by atoms with Gasteiger partial charge in [0.25, 0.3) is 0 Å². The Balaban J connectivity index is 1.81. The number of hydrogen-bond donors (Lipinski definition) is 2. The fraction of sp³-hybridized carbons (Fsp3) is 0.533. The van der Waals surface area contributed by atoms with E-state index >= 15 is 0 Å². The second-order valence-electron chi connectivity index (χ2n) is 11.3. The number of carbonyl (C=O) groups is 2. The van der Waals surface area contributed by atoms with Crippen LogP contribution in [0, 0.1) is 0 Å². The van der Waals surface area contributed by atoms with Crippen molar-refractivity contribution < 1.29 is 18.7 Å². The van der Waals surface area contributed by atoms with E-state index in [4.69, 9.17) is 0 Å². The highest BCUT2D eigenvalue weighted by Gasteiger charge is 2.33. The van der Waals surface area contributed by atoms with Crippen LogP contribution in [0.15, 0.2) is 49.1 Å².